The van der Waals surface area contributed by atoms with Gasteiger partial charge in [0.2, 0.25) is 0 Å². The van der Waals surface area contributed by atoms with E-state index >= 15 is 0 Å². The van der Waals surface area contributed by atoms with Gasteiger partial charge in [-0.15, -0.1) is 0 Å². The average molecular weight is 218 g/mol. The van der Waals surface area contributed by atoms with Crippen molar-refractivity contribution >= 4 is 16.6 Å². The van der Waals surface area contributed by atoms with E-state index in [0.29, 0.717) is 0 Å². The Bertz CT molecular complexity index is 512. The van der Waals surface area contributed by atoms with Crippen LogP contribution in [-0.2, 0) is 0 Å². The highest BCUT2D eigenvalue weighted by Crippen LogP contribution is 2.34. The molecular weight excluding hydrogens is 204 g/mol. The molecule has 4 heteroatoms. The summed E-state index contributed by atoms with van der Waals surface area (Å²) >= 11 is 0. The van der Waals surface area contributed by atoms with Gasteiger partial charge in [0.15, 0.2) is 0 Å². The fourth-order valence-corrected chi connectivity index (χ4v) is 1.72. The Morgan fingerprint density at radius 2 is 2.00 bits per heavy atom. The number of ether oxygens (including phenoxy) is 2. The number of hydrogen-bond donors (Lipinski definition) is 1. The number of anilines is 1. The molecule has 0 unspecified atom stereocenters. The van der Waals surface area contributed by atoms with Crippen LogP contribution < -0.4 is 14.8 Å². The van der Waals surface area contributed by atoms with Crippen LogP contribution in [0.4, 0.5) is 5.82 Å². The molecular formula is C12H14N2O2. The van der Waals surface area contributed by atoms with Gasteiger partial charge in [-0.25, -0.2) is 4.98 Å². The second kappa shape index (κ2) is 4.26. The predicted octanol–water partition coefficient (Wildman–Crippen LogP) is 2.29. The van der Waals surface area contributed by atoms with Crippen molar-refractivity contribution in [1.29, 1.82) is 0 Å². The van der Waals surface area contributed by atoms with E-state index in [9.17, 15) is 0 Å². The normalized spacial score (nSPS) is 10.2. The van der Waals surface area contributed by atoms with E-state index in [1.54, 1.807) is 20.4 Å². The minimum Gasteiger partial charge on any atom is -0.497 e. The maximum Gasteiger partial charge on any atom is 0.137 e. The molecule has 16 heavy (non-hydrogen) atoms. The molecule has 1 N–H and O–H groups in total. The van der Waals surface area contributed by atoms with E-state index in [1.807, 2.05) is 25.2 Å². The average Bonchev–Trinajstić information content (AvgIpc) is 2.36. The molecule has 0 saturated heterocycles. The van der Waals surface area contributed by atoms with Crippen LogP contribution in [0.3, 0.4) is 0 Å². The molecule has 4 nitrogen and oxygen atoms in total. The van der Waals surface area contributed by atoms with Gasteiger partial charge in [0.1, 0.15) is 17.3 Å². The summed E-state index contributed by atoms with van der Waals surface area (Å²) in [6.45, 7) is 0. The van der Waals surface area contributed by atoms with Gasteiger partial charge in [0.25, 0.3) is 0 Å². The van der Waals surface area contributed by atoms with Crippen LogP contribution in [-0.4, -0.2) is 26.3 Å². The first-order valence-electron chi connectivity index (χ1n) is 4.98. The Morgan fingerprint density at radius 3 is 2.62 bits per heavy atom. The molecule has 0 atom stereocenters. The molecule has 0 bridgehead atoms. The van der Waals surface area contributed by atoms with E-state index in [2.05, 4.69) is 10.3 Å². The number of nitrogens with zero attached hydrogens (tertiary/aromatic N) is 1. The Kier molecular flexibility index (Phi) is 2.81. The molecule has 84 valence electrons. The van der Waals surface area contributed by atoms with Crippen LogP contribution in [0.5, 0.6) is 11.5 Å². The van der Waals surface area contributed by atoms with Crippen LogP contribution in [0.15, 0.2) is 24.4 Å². The molecule has 1 aromatic heterocycles. The lowest BCUT2D eigenvalue weighted by molar-refractivity contribution is 0.398. The quantitative estimate of drug-likeness (QED) is 0.858. The second-order valence-corrected chi connectivity index (χ2v) is 3.34. The Morgan fingerprint density at radius 1 is 1.19 bits per heavy atom. The van der Waals surface area contributed by atoms with Gasteiger partial charge < -0.3 is 14.8 Å². The van der Waals surface area contributed by atoms with Gasteiger partial charge in [0, 0.05) is 19.3 Å². The number of pyridine rings is 1. The zero-order chi connectivity index (χ0) is 11.5. The molecule has 2 aromatic rings. The highest BCUT2D eigenvalue weighted by Gasteiger charge is 2.09. The largest absolute Gasteiger partial charge is 0.497 e. The van der Waals surface area contributed by atoms with Gasteiger partial charge in [-0.3, -0.25) is 0 Å². The lowest BCUT2D eigenvalue weighted by Gasteiger charge is -2.11. The van der Waals surface area contributed by atoms with Gasteiger partial charge >= 0.3 is 0 Å². The van der Waals surface area contributed by atoms with Crippen LogP contribution in [0.1, 0.15) is 0 Å². The fourth-order valence-electron chi connectivity index (χ4n) is 1.72. The standard InChI is InChI=1S/C12H14N2O2/c1-13-12-11-8(4-5-14-12)6-9(15-2)7-10(11)16-3/h4-7H,1-3H3,(H,13,14). The maximum atomic E-state index is 5.35. The van der Waals surface area contributed by atoms with Crippen molar-refractivity contribution in [3.63, 3.8) is 0 Å². The molecule has 0 saturated carbocycles. The molecule has 0 aliphatic rings. The molecule has 0 fully saturated rings. The van der Waals surface area contributed by atoms with Crippen molar-refractivity contribution < 1.29 is 9.47 Å². The molecule has 0 radical (unpaired) electrons. The molecule has 1 aromatic carbocycles. The van der Waals surface area contributed by atoms with Crippen molar-refractivity contribution in [2.45, 2.75) is 0 Å². The van der Waals surface area contributed by atoms with E-state index in [1.165, 1.54) is 0 Å². The summed E-state index contributed by atoms with van der Waals surface area (Å²) in [5.41, 5.74) is 0. The van der Waals surface area contributed by atoms with Crippen LogP contribution in [0.2, 0.25) is 0 Å². The minimum atomic E-state index is 0.756. The first-order chi connectivity index (χ1) is 7.80. The summed E-state index contributed by atoms with van der Waals surface area (Å²) in [5, 5.41) is 5.05. The number of fused-ring (bicyclic) bond motifs is 1. The monoisotopic (exact) mass is 218 g/mol. The molecule has 0 aliphatic heterocycles. The van der Waals surface area contributed by atoms with Gasteiger partial charge in [0.05, 0.1) is 19.6 Å². The third kappa shape index (κ3) is 1.62. The van der Waals surface area contributed by atoms with E-state index < -0.39 is 0 Å². The second-order valence-electron chi connectivity index (χ2n) is 3.34. The van der Waals surface area contributed by atoms with Gasteiger partial charge in [-0.05, 0) is 17.5 Å². The summed E-state index contributed by atoms with van der Waals surface area (Å²) in [5.74, 6) is 2.33. The first-order valence-corrected chi connectivity index (χ1v) is 4.98. The smallest absolute Gasteiger partial charge is 0.137 e. The lowest BCUT2D eigenvalue weighted by Crippen LogP contribution is -1.96. The molecule has 1 heterocycles. The summed E-state index contributed by atoms with van der Waals surface area (Å²) < 4.78 is 10.6. The summed E-state index contributed by atoms with van der Waals surface area (Å²) in [6.07, 6.45) is 1.76. The lowest BCUT2D eigenvalue weighted by atomic mass is 10.1. The minimum absolute atomic E-state index is 0.756. The van der Waals surface area contributed by atoms with Crippen molar-refractivity contribution in [2.75, 3.05) is 26.6 Å². The zero-order valence-corrected chi connectivity index (χ0v) is 9.57. The maximum absolute atomic E-state index is 5.35. The van der Waals surface area contributed by atoms with E-state index in [4.69, 9.17) is 9.47 Å². The Labute approximate surface area is 94.2 Å². The number of hydrogen-bond acceptors (Lipinski definition) is 4. The van der Waals surface area contributed by atoms with Crippen LogP contribution in [0.25, 0.3) is 10.8 Å². The summed E-state index contributed by atoms with van der Waals surface area (Å²) in [7, 11) is 5.12. The van der Waals surface area contributed by atoms with Crippen LogP contribution in [0, 0.1) is 0 Å². The molecule has 0 spiro atoms. The van der Waals surface area contributed by atoms with Gasteiger partial charge in [-0.1, -0.05) is 0 Å². The highest BCUT2D eigenvalue weighted by molar-refractivity contribution is 5.97. The zero-order valence-electron chi connectivity index (χ0n) is 9.57. The number of aromatic nitrogens is 1. The third-order valence-corrected chi connectivity index (χ3v) is 2.49. The third-order valence-electron chi connectivity index (χ3n) is 2.49. The summed E-state index contributed by atoms with van der Waals surface area (Å²) in [4.78, 5) is 4.26. The van der Waals surface area contributed by atoms with Crippen molar-refractivity contribution in [3.8, 4) is 11.5 Å². The SMILES string of the molecule is CNc1nccc2cc(OC)cc(OC)c12. The van der Waals surface area contributed by atoms with Crippen molar-refractivity contribution in [1.82, 2.24) is 4.98 Å². The van der Waals surface area contributed by atoms with Crippen molar-refractivity contribution in [2.24, 2.45) is 0 Å². The fraction of sp³-hybridized carbons (Fsp3) is 0.250. The Hall–Kier alpha value is -1.97. The number of rotatable bonds is 3. The predicted molar refractivity (Wildman–Crippen MR) is 64.4 cm³/mol. The van der Waals surface area contributed by atoms with Crippen molar-refractivity contribution in [3.05, 3.63) is 24.4 Å². The summed E-state index contributed by atoms with van der Waals surface area (Å²) in [6, 6.07) is 5.74. The highest BCUT2D eigenvalue weighted by atomic mass is 16.5. The molecule has 0 aliphatic carbocycles. The number of methoxy groups -OCH3 is 2. The van der Waals surface area contributed by atoms with E-state index in [-0.39, 0.29) is 0 Å². The van der Waals surface area contributed by atoms with Gasteiger partial charge in [-0.2, -0.15) is 0 Å². The Balaban J connectivity index is 2.78. The first kappa shape index (κ1) is 10.5. The molecule has 0 amide bonds. The van der Waals surface area contributed by atoms with E-state index in [0.717, 1.165) is 28.1 Å². The topological polar surface area (TPSA) is 43.4 Å². The number of nitrogens with one attached hydrogen (secondary N) is 1. The number of benzene rings is 1. The van der Waals surface area contributed by atoms with Crippen LogP contribution >= 0.6 is 0 Å². The molecule has 2 rings (SSSR count).